The van der Waals surface area contributed by atoms with E-state index in [9.17, 15) is 35.1 Å². The first-order valence-electron chi connectivity index (χ1n) is 34.2. The van der Waals surface area contributed by atoms with Crippen LogP contribution in [0.1, 0.15) is 303 Å². The molecule has 1 heterocycles. The fourth-order valence-electron chi connectivity index (χ4n) is 10.3. The molecule has 0 aromatic rings. The number of ether oxygens (including phenoxy) is 3. The number of hydrogen-bond donors (Lipinski definition) is 6. The standard InChI is InChI=1S/C71H127NO10/c1-3-5-7-9-11-13-15-16-35-39-43-47-51-55-59-67(76)80-60-56-52-48-44-40-36-33-31-29-27-25-23-21-19-17-18-20-22-24-26-28-30-32-34-38-42-46-50-54-58-66(75)72-63(62-81-71-70(79)69(78)68(77)65(61-73)82-71)64(74)57-53-49-45-41-37-14-12-10-8-6-4-2/h9,11,15-17,19,23,25,37,41,53,57,63-65,68-71,73-74,77-79H,3-8,10,12-14,18,20-22,24,26-36,38-40,42-52,54-56,58-62H2,1-2H3,(H,72,75)/b11-9-,16-15-,19-17-,25-23-,41-37+,57-53+. The molecule has 1 saturated heterocycles. The van der Waals surface area contributed by atoms with E-state index < -0.39 is 49.5 Å². The summed E-state index contributed by atoms with van der Waals surface area (Å²) in [6.07, 6.45) is 70.3. The van der Waals surface area contributed by atoms with Crippen molar-refractivity contribution in [1.29, 1.82) is 0 Å². The van der Waals surface area contributed by atoms with E-state index in [0.717, 1.165) is 77.0 Å². The molecule has 0 aliphatic carbocycles. The lowest BCUT2D eigenvalue weighted by molar-refractivity contribution is -0.302. The summed E-state index contributed by atoms with van der Waals surface area (Å²) in [5.41, 5.74) is 0. The molecule has 0 saturated carbocycles. The van der Waals surface area contributed by atoms with Crippen molar-refractivity contribution in [3.05, 3.63) is 72.9 Å². The van der Waals surface area contributed by atoms with Crippen LogP contribution in [0.25, 0.3) is 0 Å². The van der Waals surface area contributed by atoms with Crippen molar-refractivity contribution in [2.75, 3.05) is 19.8 Å². The fourth-order valence-corrected chi connectivity index (χ4v) is 10.3. The van der Waals surface area contributed by atoms with E-state index in [4.69, 9.17) is 14.2 Å². The van der Waals surface area contributed by atoms with Crippen LogP contribution in [0.5, 0.6) is 0 Å². The number of esters is 1. The molecule has 1 aliphatic heterocycles. The summed E-state index contributed by atoms with van der Waals surface area (Å²) in [5.74, 6) is -0.207. The van der Waals surface area contributed by atoms with Crippen LogP contribution < -0.4 is 5.32 Å². The Labute approximate surface area is 502 Å². The highest BCUT2D eigenvalue weighted by atomic mass is 16.7. The number of allylic oxidation sites excluding steroid dienone is 11. The number of nitrogens with one attached hydrogen (secondary N) is 1. The van der Waals surface area contributed by atoms with Gasteiger partial charge in [-0.1, -0.05) is 260 Å². The Kier molecular flexibility index (Phi) is 56.2. The van der Waals surface area contributed by atoms with E-state index in [-0.39, 0.29) is 18.5 Å². The van der Waals surface area contributed by atoms with E-state index in [1.54, 1.807) is 6.08 Å². The molecule has 0 aromatic heterocycles. The molecule has 82 heavy (non-hydrogen) atoms. The third-order valence-electron chi connectivity index (χ3n) is 15.8. The zero-order chi connectivity index (χ0) is 59.5. The van der Waals surface area contributed by atoms with Crippen molar-refractivity contribution in [3.63, 3.8) is 0 Å². The van der Waals surface area contributed by atoms with E-state index in [1.807, 2.05) is 6.08 Å². The summed E-state index contributed by atoms with van der Waals surface area (Å²) >= 11 is 0. The second-order valence-electron chi connectivity index (χ2n) is 23.5. The SMILES string of the molecule is CCCC/C=C\C/C=C\CCCCCCCC(=O)OCCCCCCCCCCC/C=C\C/C=C\CCCCCCCCCCCCCCCC(=O)NC(COC1OC(CO)C(O)C(O)C1O)C(O)/C=C/CC/C=C/CCCCCCC. The van der Waals surface area contributed by atoms with Crippen LogP contribution >= 0.6 is 0 Å². The van der Waals surface area contributed by atoms with Crippen molar-refractivity contribution in [2.45, 2.75) is 346 Å². The van der Waals surface area contributed by atoms with Gasteiger partial charge < -0.3 is 45.1 Å². The minimum atomic E-state index is -1.58. The van der Waals surface area contributed by atoms with Gasteiger partial charge in [0.25, 0.3) is 0 Å². The maximum absolute atomic E-state index is 13.0. The molecule has 11 heteroatoms. The molecule has 1 fully saturated rings. The topological polar surface area (TPSA) is 175 Å². The van der Waals surface area contributed by atoms with Gasteiger partial charge in [0, 0.05) is 12.8 Å². The third kappa shape index (κ3) is 48.3. The number of rotatable bonds is 59. The van der Waals surface area contributed by atoms with Gasteiger partial charge in [-0.15, -0.1) is 0 Å². The second-order valence-corrected chi connectivity index (χ2v) is 23.5. The number of aliphatic hydroxyl groups excluding tert-OH is 5. The Hall–Kier alpha value is -2.90. The molecule has 7 atom stereocenters. The van der Waals surface area contributed by atoms with Gasteiger partial charge >= 0.3 is 5.97 Å². The minimum Gasteiger partial charge on any atom is -0.466 e. The Morgan fingerprint density at radius 1 is 0.451 bits per heavy atom. The first-order chi connectivity index (χ1) is 40.2. The summed E-state index contributed by atoms with van der Waals surface area (Å²) in [4.78, 5) is 25.1. The summed E-state index contributed by atoms with van der Waals surface area (Å²) in [6.45, 7) is 4.26. The zero-order valence-corrected chi connectivity index (χ0v) is 52.7. The van der Waals surface area contributed by atoms with Gasteiger partial charge in [0.15, 0.2) is 6.29 Å². The molecule has 11 nitrogen and oxygen atoms in total. The van der Waals surface area contributed by atoms with Gasteiger partial charge in [-0.3, -0.25) is 9.59 Å². The average molecular weight is 1150 g/mol. The van der Waals surface area contributed by atoms with E-state index in [1.165, 1.54) is 199 Å². The molecule has 6 N–H and O–H groups in total. The van der Waals surface area contributed by atoms with Gasteiger partial charge in [0.05, 0.1) is 32.0 Å². The second kappa shape index (κ2) is 59.8. The Balaban J connectivity index is 1.98. The van der Waals surface area contributed by atoms with Crippen molar-refractivity contribution in [2.24, 2.45) is 0 Å². The summed E-state index contributed by atoms with van der Waals surface area (Å²) in [5, 5.41) is 54.3. The van der Waals surface area contributed by atoms with Crippen LogP contribution in [0, 0.1) is 0 Å². The monoisotopic (exact) mass is 1150 g/mol. The van der Waals surface area contributed by atoms with E-state index in [0.29, 0.717) is 19.4 Å². The number of carbonyl (C=O) groups is 2. The third-order valence-corrected chi connectivity index (χ3v) is 15.8. The molecule has 1 amide bonds. The predicted octanol–water partition coefficient (Wildman–Crippen LogP) is 17.1. The van der Waals surface area contributed by atoms with E-state index >= 15 is 0 Å². The lowest BCUT2D eigenvalue weighted by Crippen LogP contribution is -2.60. The lowest BCUT2D eigenvalue weighted by Gasteiger charge is -2.40. The molecule has 0 radical (unpaired) electrons. The van der Waals surface area contributed by atoms with Gasteiger partial charge in [0.2, 0.25) is 5.91 Å². The van der Waals surface area contributed by atoms with Crippen molar-refractivity contribution < 1.29 is 49.3 Å². The highest BCUT2D eigenvalue weighted by Crippen LogP contribution is 2.23. The molecular weight excluding hydrogens is 1030 g/mol. The minimum absolute atomic E-state index is 0.0123. The lowest BCUT2D eigenvalue weighted by atomic mass is 9.99. The maximum atomic E-state index is 13.0. The van der Waals surface area contributed by atoms with Gasteiger partial charge in [-0.2, -0.15) is 0 Å². The van der Waals surface area contributed by atoms with Crippen LogP contribution in [0.4, 0.5) is 0 Å². The summed E-state index contributed by atoms with van der Waals surface area (Å²) in [7, 11) is 0. The molecule has 0 aromatic carbocycles. The van der Waals surface area contributed by atoms with E-state index in [2.05, 4.69) is 79.9 Å². The van der Waals surface area contributed by atoms with Gasteiger partial charge in [-0.25, -0.2) is 0 Å². The van der Waals surface area contributed by atoms with Gasteiger partial charge in [0.1, 0.15) is 24.4 Å². The average Bonchev–Trinajstić information content (AvgIpc) is 3.54. The first kappa shape index (κ1) is 77.1. The highest BCUT2D eigenvalue weighted by molar-refractivity contribution is 5.76. The number of carbonyl (C=O) groups excluding carboxylic acids is 2. The van der Waals surface area contributed by atoms with Crippen LogP contribution in [0.3, 0.4) is 0 Å². The maximum Gasteiger partial charge on any atom is 0.305 e. The molecule has 1 aliphatic rings. The van der Waals surface area contributed by atoms with Crippen molar-refractivity contribution >= 4 is 11.9 Å². The van der Waals surface area contributed by atoms with Crippen LogP contribution in [0.2, 0.25) is 0 Å². The first-order valence-corrected chi connectivity index (χ1v) is 34.2. The van der Waals surface area contributed by atoms with Crippen LogP contribution in [-0.2, 0) is 23.8 Å². The van der Waals surface area contributed by atoms with Crippen molar-refractivity contribution in [3.8, 4) is 0 Å². The number of amides is 1. The Morgan fingerprint density at radius 3 is 1.32 bits per heavy atom. The molecule has 1 rings (SSSR count). The highest BCUT2D eigenvalue weighted by Gasteiger charge is 2.44. The predicted molar refractivity (Wildman–Crippen MR) is 343 cm³/mol. The number of unbranched alkanes of at least 4 members (excludes halogenated alkanes) is 35. The van der Waals surface area contributed by atoms with Crippen LogP contribution in [-0.4, -0.2) is 100 Å². The largest absolute Gasteiger partial charge is 0.466 e. The molecular formula is C71H127NO10. The molecule has 0 bridgehead atoms. The fraction of sp³-hybridized carbons (Fsp3) is 0.803. The van der Waals surface area contributed by atoms with Crippen molar-refractivity contribution in [1.82, 2.24) is 5.32 Å². The zero-order valence-electron chi connectivity index (χ0n) is 52.7. The quantitative estimate of drug-likeness (QED) is 0.0195. The molecule has 7 unspecified atom stereocenters. The van der Waals surface area contributed by atoms with Gasteiger partial charge in [-0.05, 0) is 103 Å². The Morgan fingerprint density at radius 2 is 0.841 bits per heavy atom. The molecule has 0 spiro atoms. The Bertz CT molecular complexity index is 1590. The normalized spacial score (nSPS) is 18.6. The number of aliphatic hydroxyl groups is 5. The van der Waals surface area contributed by atoms with Crippen LogP contribution in [0.15, 0.2) is 72.9 Å². The summed E-state index contributed by atoms with van der Waals surface area (Å²) < 4.78 is 16.7. The smallest absolute Gasteiger partial charge is 0.305 e. The molecule has 476 valence electrons. The number of hydrogen-bond acceptors (Lipinski definition) is 10. The summed E-state index contributed by atoms with van der Waals surface area (Å²) in [6, 6.07) is -0.829.